The van der Waals surface area contributed by atoms with Crippen molar-refractivity contribution >= 4 is 30.1 Å². The second-order valence-electron chi connectivity index (χ2n) is 13.2. The molecule has 2 fully saturated rings. The Bertz CT molecular complexity index is 1290. The van der Waals surface area contributed by atoms with Gasteiger partial charge in [-0.15, -0.1) is 0 Å². The quantitative estimate of drug-likeness (QED) is 0.127. The van der Waals surface area contributed by atoms with Crippen molar-refractivity contribution in [1.29, 1.82) is 0 Å². The van der Waals surface area contributed by atoms with Gasteiger partial charge in [-0.05, 0) is 92.2 Å². The summed E-state index contributed by atoms with van der Waals surface area (Å²) in [4.78, 5) is 37.8. The Hall–Kier alpha value is -3.67. The summed E-state index contributed by atoms with van der Waals surface area (Å²) >= 11 is 0. The first-order valence-corrected chi connectivity index (χ1v) is 16.8. The van der Waals surface area contributed by atoms with Gasteiger partial charge in [-0.3, -0.25) is 4.79 Å². The molecule has 2 saturated carbocycles. The van der Waals surface area contributed by atoms with E-state index in [1.54, 1.807) is 26.0 Å². The third-order valence-electron chi connectivity index (χ3n) is 9.38. The Labute approximate surface area is 269 Å². The van der Waals surface area contributed by atoms with Crippen molar-refractivity contribution in [3.8, 4) is 0 Å². The molecule has 0 heterocycles. The van der Waals surface area contributed by atoms with E-state index in [0.29, 0.717) is 18.3 Å². The van der Waals surface area contributed by atoms with Gasteiger partial charge >= 0.3 is 17.9 Å². The maximum Gasteiger partial charge on any atom is 0.331 e. The topological polar surface area (TPSA) is 78.9 Å². The number of carbonyl (C=O) groups is 3. The minimum absolute atomic E-state index is 0.211. The van der Waals surface area contributed by atoms with Crippen molar-refractivity contribution < 1.29 is 28.6 Å². The highest BCUT2D eigenvalue weighted by Crippen LogP contribution is 2.33. The highest BCUT2D eigenvalue weighted by molar-refractivity contribution is 5.88. The molecule has 0 spiro atoms. The molecular formula is C39H50O6. The van der Waals surface area contributed by atoms with Crippen LogP contribution in [0, 0.1) is 5.41 Å². The van der Waals surface area contributed by atoms with E-state index in [0.717, 1.165) is 11.1 Å². The van der Waals surface area contributed by atoms with E-state index in [1.807, 2.05) is 31.2 Å². The molecular weight excluding hydrogens is 564 g/mol. The van der Waals surface area contributed by atoms with Crippen LogP contribution in [0.4, 0.5) is 0 Å². The molecule has 242 valence electrons. The number of hydrogen-bond acceptors (Lipinski definition) is 6. The van der Waals surface area contributed by atoms with Gasteiger partial charge in [0.2, 0.25) is 0 Å². The molecule has 6 nitrogen and oxygen atoms in total. The SMILES string of the molecule is CCC(C)(C)C(=O)OCC(COC(=O)/C=C/c1ccc(C2CCCCC2)cc1)OC(=O)/C=C/c1ccc(C2CCCCC2)cc1. The molecule has 0 aromatic heterocycles. The van der Waals surface area contributed by atoms with Gasteiger partial charge in [0.15, 0.2) is 6.10 Å². The molecule has 0 bridgehead atoms. The van der Waals surface area contributed by atoms with Crippen LogP contribution in [0.15, 0.2) is 60.7 Å². The normalized spacial score (nSPS) is 17.3. The average molecular weight is 615 g/mol. The predicted octanol–water partition coefficient (Wildman–Crippen LogP) is 8.94. The minimum atomic E-state index is -0.945. The predicted molar refractivity (Wildman–Crippen MR) is 178 cm³/mol. The summed E-state index contributed by atoms with van der Waals surface area (Å²) in [6.45, 7) is 5.05. The monoisotopic (exact) mass is 614 g/mol. The van der Waals surface area contributed by atoms with E-state index < -0.39 is 29.4 Å². The van der Waals surface area contributed by atoms with Crippen molar-refractivity contribution in [2.75, 3.05) is 13.2 Å². The molecule has 0 radical (unpaired) electrons. The molecule has 1 unspecified atom stereocenters. The zero-order valence-corrected chi connectivity index (χ0v) is 27.3. The van der Waals surface area contributed by atoms with E-state index in [4.69, 9.17) is 14.2 Å². The molecule has 4 rings (SSSR count). The molecule has 2 aromatic carbocycles. The fourth-order valence-electron chi connectivity index (χ4n) is 6.01. The van der Waals surface area contributed by atoms with Crippen LogP contribution in [0.3, 0.4) is 0 Å². The van der Waals surface area contributed by atoms with Crippen molar-refractivity contribution in [3.63, 3.8) is 0 Å². The van der Waals surface area contributed by atoms with Crippen LogP contribution in [0.25, 0.3) is 12.2 Å². The van der Waals surface area contributed by atoms with Gasteiger partial charge < -0.3 is 14.2 Å². The minimum Gasteiger partial charge on any atom is -0.461 e. The fraction of sp³-hybridized carbons (Fsp3) is 0.513. The number of benzene rings is 2. The van der Waals surface area contributed by atoms with Crippen LogP contribution in [-0.2, 0) is 28.6 Å². The van der Waals surface area contributed by atoms with Crippen molar-refractivity contribution in [1.82, 2.24) is 0 Å². The smallest absolute Gasteiger partial charge is 0.331 e. The molecule has 0 N–H and O–H groups in total. The molecule has 2 aromatic rings. The summed E-state index contributed by atoms with van der Waals surface area (Å²) in [5.41, 5.74) is 3.82. The second-order valence-corrected chi connectivity index (χ2v) is 13.2. The zero-order chi connectivity index (χ0) is 32.1. The summed E-state index contributed by atoms with van der Waals surface area (Å²) in [6.07, 6.45) is 18.5. The first-order chi connectivity index (χ1) is 21.7. The van der Waals surface area contributed by atoms with E-state index in [2.05, 4.69) is 24.3 Å². The third kappa shape index (κ3) is 11.0. The Kier molecular flexibility index (Phi) is 13.0. The third-order valence-corrected chi connectivity index (χ3v) is 9.38. The Morgan fingerprint density at radius 1 is 0.689 bits per heavy atom. The Morgan fingerprint density at radius 2 is 1.13 bits per heavy atom. The molecule has 0 aliphatic heterocycles. The summed E-state index contributed by atoms with van der Waals surface area (Å²) < 4.78 is 16.4. The highest BCUT2D eigenvalue weighted by Gasteiger charge is 2.29. The number of rotatable bonds is 13. The summed E-state index contributed by atoms with van der Waals surface area (Å²) in [7, 11) is 0. The summed E-state index contributed by atoms with van der Waals surface area (Å²) in [6, 6.07) is 16.6. The lowest BCUT2D eigenvalue weighted by molar-refractivity contribution is -0.167. The number of carbonyl (C=O) groups excluding carboxylic acids is 3. The molecule has 0 saturated heterocycles. The van der Waals surface area contributed by atoms with Gasteiger partial charge in [-0.25, -0.2) is 9.59 Å². The fourth-order valence-corrected chi connectivity index (χ4v) is 6.01. The molecule has 45 heavy (non-hydrogen) atoms. The van der Waals surface area contributed by atoms with Gasteiger partial charge in [-0.1, -0.05) is 94.0 Å². The maximum atomic E-state index is 12.7. The summed E-state index contributed by atoms with van der Waals surface area (Å²) in [5.74, 6) is -0.331. The van der Waals surface area contributed by atoms with E-state index in [9.17, 15) is 14.4 Å². The van der Waals surface area contributed by atoms with Crippen LogP contribution in [0.2, 0.25) is 0 Å². The Morgan fingerprint density at radius 3 is 1.60 bits per heavy atom. The number of ether oxygens (including phenoxy) is 3. The van der Waals surface area contributed by atoms with E-state index in [-0.39, 0.29) is 13.2 Å². The van der Waals surface area contributed by atoms with Gasteiger partial charge in [0, 0.05) is 12.2 Å². The lowest BCUT2D eigenvalue weighted by atomic mass is 9.84. The van der Waals surface area contributed by atoms with Crippen LogP contribution in [0.1, 0.15) is 125 Å². The first-order valence-electron chi connectivity index (χ1n) is 16.8. The van der Waals surface area contributed by atoms with Crippen LogP contribution >= 0.6 is 0 Å². The number of esters is 3. The average Bonchev–Trinajstić information content (AvgIpc) is 3.08. The molecule has 6 heteroatoms. The standard InChI is InChI=1S/C39H50O6/c1-4-39(2,3)38(42)44-28-35(45-37(41)26-20-30-17-23-34(24-18-30)32-13-9-6-10-14-32)27-43-36(40)25-19-29-15-21-33(22-16-29)31-11-7-5-8-12-31/h15-26,31-32,35H,4-14,27-28H2,1-3H3/b25-19+,26-20+. The highest BCUT2D eigenvalue weighted by atomic mass is 16.6. The molecule has 2 aliphatic carbocycles. The number of hydrogen-bond donors (Lipinski definition) is 0. The van der Waals surface area contributed by atoms with Crippen LogP contribution in [-0.4, -0.2) is 37.2 Å². The second kappa shape index (κ2) is 17.1. The summed E-state index contributed by atoms with van der Waals surface area (Å²) in [5, 5.41) is 0. The van der Waals surface area contributed by atoms with E-state index in [1.165, 1.54) is 87.5 Å². The molecule has 1 atom stereocenters. The van der Waals surface area contributed by atoms with Crippen LogP contribution in [0.5, 0.6) is 0 Å². The van der Waals surface area contributed by atoms with Crippen molar-refractivity contribution in [2.45, 2.75) is 109 Å². The van der Waals surface area contributed by atoms with E-state index >= 15 is 0 Å². The van der Waals surface area contributed by atoms with Gasteiger partial charge in [0.1, 0.15) is 13.2 Å². The van der Waals surface area contributed by atoms with Gasteiger partial charge in [0.05, 0.1) is 5.41 Å². The van der Waals surface area contributed by atoms with Crippen molar-refractivity contribution in [2.24, 2.45) is 5.41 Å². The zero-order valence-electron chi connectivity index (χ0n) is 27.3. The lowest BCUT2D eigenvalue weighted by Gasteiger charge is -2.23. The largest absolute Gasteiger partial charge is 0.461 e. The Balaban J connectivity index is 1.31. The van der Waals surface area contributed by atoms with Gasteiger partial charge in [-0.2, -0.15) is 0 Å². The van der Waals surface area contributed by atoms with Gasteiger partial charge in [0.25, 0.3) is 0 Å². The lowest BCUT2D eigenvalue weighted by Crippen LogP contribution is -2.33. The van der Waals surface area contributed by atoms with Crippen molar-refractivity contribution in [3.05, 3.63) is 82.9 Å². The first kappa shape index (κ1) is 34.2. The molecule has 0 amide bonds. The maximum absolute atomic E-state index is 12.7. The molecule has 2 aliphatic rings. The van der Waals surface area contributed by atoms with Crippen LogP contribution < -0.4 is 0 Å².